The Morgan fingerprint density at radius 2 is 1.77 bits per heavy atom. The molecule has 0 aromatic carbocycles. The first kappa shape index (κ1) is 8.25. The van der Waals surface area contributed by atoms with Crippen LogP contribution in [-0.2, 0) is 0 Å². The second-order valence-electron chi connectivity index (χ2n) is 5.93. The summed E-state index contributed by atoms with van der Waals surface area (Å²) in [6, 6.07) is 0. The lowest BCUT2D eigenvalue weighted by Crippen LogP contribution is -2.42. The number of aliphatic hydroxyl groups is 2. The fraction of sp³-hybridized carbons (Fsp3) is 1.00. The highest BCUT2D eigenvalue weighted by Gasteiger charge is 2.58. The van der Waals surface area contributed by atoms with Gasteiger partial charge < -0.3 is 10.2 Å². The highest BCUT2D eigenvalue weighted by molar-refractivity contribution is 5.09. The predicted molar refractivity (Wildman–Crippen MR) is 49.1 cm³/mol. The third-order valence-corrected chi connectivity index (χ3v) is 4.49. The predicted octanol–water partition coefficient (Wildman–Crippen LogP) is 1.31. The Morgan fingerprint density at radius 1 is 1.08 bits per heavy atom. The molecule has 0 saturated heterocycles. The van der Waals surface area contributed by atoms with Gasteiger partial charge in [-0.2, -0.15) is 0 Å². The van der Waals surface area contributed by atoms with Crippen LogP contribution >= 0.6 is 0 Å². The van der Waals surface area contributed by atoms with Gasteiger partial charge in [0.25, 0.3) is 0 Å². The van der Waals surface area contributed by atoms with Crippen LogP contribution < -0.4 is 0 Å². The van der Waals surface area contributed by atoms with Gasteiger partial charge in [-0.05, 0) is 50.4 Å². The molecule has 13 heavy (non-hydrogen) atoms. The second kappa shape index (κ2) is 2.12. The second-order valence-corrected chi connectivity index (χ2v) is 5.93. The zero-order valence-electron chi connectivity index (χ0n) is 8.16. The molecule has 3 saturated carbocycles. The molecule has 3 fully saturated rings. The van der Waals surface area contributed by atoms with Crippen LogP contribution in [0.25, 0.3) is 0 Å². The molecule has 0 aromatic rings. The fourth-order valence-electron chi connectivity index (χ4n) is 4.23. The van der Waals surface area contributed by atoms with Gasteiger partial charge in [0.2, 0.25) is 0 Å². The molecule has 74 valence electrons. The van der Waals surface area contributed by atoms with Crippen LogP contribution in [0.15, 0.2) is 0 Å². The topological polar surface area (TPSA) is 40.5 Å². The van der Waals surface area contributed by atoms with Crippen LogP contribution in [0.1, 0.15) is 39.0 Å². The van der Waals surface area contributed by atoms with E-state index in [4.69, 9.17) is 0 Å². The molecule has 0 radical (unpaired) electrons. The van der Waals surface area contributed by atoms with Gasteiger partial charge in [0.1, 0.15) is 0 Å². The Hall–Kier alpha value is -0.0800. The molecule has 3 aliphatic rings. The van der Waals surface area contributed by atoms with E-state index < -0.39 is 11.2 Å². The van der Waals surface area contributed by atoms with Crippen molar-refractivity contribution in [1.29, 1.82) is 0 Å². The minimum Gasteiger partial charge on any atom is -0.390 e. The van der Waals surface area contributed by atoms with E-state index in [2.05, 4.69) is 0 Å². The summed E-state index contributed by atoms with van der Waals surface area (Å²) >= 11 is 0. The maximum atomic E-state index is 10.3. The maximum absolute atomic E-state index is 10.3. The summed E-state index contributed by atoms with van der Waals surface area (Å²) in [5.41, 5.74) is -1.14. The summed E-state index contributed by atoms with van der Waals surface area (Å²) in [5.74, 6) is 2.22. The summed E-state index contributed by atoms with van der Waals surface area (Å²) in [4.78, 5) is 0. The molecule has 2 heteroatoms. The molecule has 3 aliphatic carbocycles. The minimum absolute atomic E-state index is 0.524. The third kappa shape index (κ3) is 1.08. The monoisotopic (exact) mass is 182 g/mol. The van der Waals surface area contributed by atoms with E-state index in [0.29, 0.717) is 12.3 Å². The maximum Gasteiger partial charge on any atom is 0.0680 e. The largest absolute Gasteiger partial charge is 0.390 e. The first-order valence-corrected chi connectivity index (χ1v) is 5.42. The minimum atomic E-state index is -0.612. The van der Waals surface area contributed by atoms with Crippen molar-refractivity contribution in [3.8, 4) is 0 Å². The molecular formula is C11H18O2. The van der Waals surface area contributed by atoms with Crippen LogP contribution in [-0.4, -0.2) is 21.4 Å². The van der Waals surface area contributed by atoms with Gasteiger partial charge in [-0.25, -0.2) is 0 Å². The van der Waals surface area contributed by atoms with Crippen LogP contribution in [0.3, 0.4) is 0 Å². The molecule has 0 spiro atoms. The molecule has 3 rings (SSSR count). The quantitative estimate of drug-likeness (QED) is 0.593. The van der Waals surface area contributed by atoms with E-state index in [1.807, 2.05) is 6.92 Å². The zero-order chi connectivity index (χ0) is 9.27. The normalized spacial score (nSPS) is 64.4. The Morgan fingerprint density at radius 3 is 2.54 bits per heavy atom. The summed E-state index contributed by atoms with van der Waals surface area (Å²) in [7, 11) is 0. The smallest absolute Gasteiger partial charge is 0.0680 e. The van der Waals surface area contributed by atoms with E-state index in [-0.39, 0.29) is 0 Å². The summed E-state index contributed by atoms with van der Waals surface area (Å²) in [5, 5.41) is 20.4. The van der Waals surface area contributed by atoms with Gasteiger partial charge in [0, 0.05) is 6.42 Å². The number of fused-ring (bicyclic) bond motifs is 1. The van der Waals surface area contributed by atoms with Crippen molar-refractivity contribution in [2.45, 2.75) is 50.2 Å². The van der Waals surface area contributed by atoms with Gasteiger partial charge in [-0.15, -0.1) is 0 Å². The summed E-state index contributed by atoms with van der Waals surface area (Å²) in [6.45, 7) is 1.89. The molecule has 2 N–H and O–H groups in total. The van der Waals surface area contributed by atoms with E-state index in [9.17, 15) is 10.2 Å². The van der Waals surface area contributed by atoms with Crippen molar-refractivity contribution in [1.82, 2.24) is 0 Å². The number of hydrogen-bond donors (Lipinski definition) is 2. The first-order chi connectivity index (χ1) is 5.98. The first-order valence-electron chi connectivity index (χ1n) is 5.42. The highest BCUT2D eigenvalue weighted by Crippen LogP contribution is 2.61. The van der Waals surface area contributed by atoms with Gasteiger partial charge in [0.05, 0.1) is 11.2 Å². The number of rotatable bonds is 0. The van der Waals surface area contributed by atoms with Crippen molar-refractivity contribution in [3.63, 3.8) is 0 Å². The Bertz CT molecular complexity index is 248. The zero-order valence-corrected chi connectivity index (χ0v) is 8.16. The summed E-state index contributed by atoms with van der Waals surface area (Å²) < 4.78 is 0. The van der Waals surface area contributed by atoms with E-state index in [0.717, 1.165) is 31.1 Å². The van der Waals surface area contributed by atoms with Crippen LogP contribution in [0.5, 0.6) is 0 Å². The molecule has 0 aromatic heterocycles. The Kier molecular flexibility index (Phi) is 1.34. The Balaban J connectivity index is 1.93. The highest BCUT2D eigenvalue weighted by atomic mass is 16.3. The Labute approximate surface area is 79.0 Å². The van der Waals surface area contributed by atoms with Crippen LogP contribution in [0.2, 0.25) is 0 Å². The van der Waals surface area contributed by atoms with Crippen LogP contribution in [0.4, 0.5) is 0 Å². The van der Waals surface area contributed by atoms with Crippen molar-refractivity contribution < 1.29 is 10.2 Å². The number of hydrogen-bond acceptors (Lipinski definition) is 2. The lowest BCUT2D eigenvalue weighted by molar-refractivity contribution is -0.0739. The third-order valence-electron chi connectivity index (χ3n) is 4.49. The molecule has 2 bridgehead atoms. The van der Waals surface area contributed by atoms with Crippen molar-refractivity contribution in [2.75, 3.05) is 0 Å². The average molecular weight is 182 g/mol. The van der Waals surface area contributed by atoms with Crippen LogP contribution in [0, 0.1) is 17.8 Å². The van der Waals surface area contributed by atoms with Crippen molar-refractivity contribution in [2.24, 2.45) is 17.8 Å². The molecule has 5 atom stereocenters. The lowest BCUT2D eigenvalue weighted by atomic mass is 9.63. The van der Waals surface area contributed by atoms with Gasteiger partial charge in [0.15, 0.2) is 0 Å². The molecule has 2 nitrogen and oxygen atoms in total. The van der Waals surface area contributed by atoms with E-state index in [1.54, 1.807) is 0 Å². The fourth-order valence-corrected chi connectivity index (χ4v) is 4.23. The molecular weight excluding hydrogens is 164 g/mol. The molecule has 0 aliphatic heterocycles. The van der Waals surface area contributed by atoms with Gasteiger partial charge in [-0.3, -0.25) is 0 Å². The standard InChI is InChI=1S/C11H18O2/c1-10(12)3-7-2-8-4-11(13,6-10)5-9(7)8/h7-9,12-13H,2-6H2,1H3. The lowest BCUT2D eigenvalue weighted by Gasteiger charge is -2.44. The SMILES string of the molecule is CC1(O)CC2CC3CC(O)(CC23)C1. The molecule has 0 heterocycles. The van der Waals surface area contributed by atoms with E-state index in [1.165, 1.54) is 6.42 Å². The molecule has 5 unspecified atom stereocenters. The van der Waals surface area contributed by atoms with Crippen molar-refractivity contribution >= 4 is 0 Å². The van der Waals surface area contributed by atoms with Gasteiger partial charge in [-0.1, -0.05) is 0 Å². The van der Waals surface area contributed by atoms with Gasteiger partial charge >= 0.3 is 0 Å². The van der Waals surface area contributed by atoms with Crippen molar-refractivity contribution in [3.05, 3.63) is 0 Å². The summed E-state index contributed by atoms with van der Waals surface area (Å²) in [6.07, 6.45) is 4.67. The van der Waals surface area contributed by atoms with E-state index >= 15 is 0 Å². The average Bonchev–Trinajstić information content (AvgIpc) is 2.14. The molecule has 0 amide bonds.